The van der Waals surface area contributed by atoms with E-state index < -0.39 is 0 Å². The van der Waals surface area contributed by atoms with Gasteiger partial charge in [0.2, 0.25) is 5.91 Å². The lowest BCUT2D eigenvalue weighted by molar-refractivity contribution is -0.120. The molecule has 0 spiro atoms. The Labute approximate surface area is 117 Å². The van der Waals surface area contributed by atoms with Crippen LogP contribution in [0.5, 0.6) is 0 Å². The van der Waals surface area contributed by atoms with Crippen LogP contribution in [0.1, 0.15) is 19.8 Å². The first kappa shape index (κ1) is 15.3. The Kier molecular flexibility index (Phi) is 7.16. The zero-order valence-corrected chi connectivity index (χ0v) is 12.1. The Morgan fingerprint density at radius 3 is 2.94 bits per heavy atom. The number of hydrogen-bond acceptors (Lipinski definition) is 3. The Balaban J connectivity index is 2.36. The van der Waals surface area contributed by atoms with Gasteiger partial charge in [0, 0.05) is 9.92 Å². The van der Waals surface area contributed by atoms with Crippen molar-refractivity contribution in [2.75, 3.05) is 12.3 Å². The maximum absolute atomic E-state index is 11.2. The van der Waals surface area contributed by atoms with Crippen LogP contribution >= 0.6 is 23.4 Å². The normalized spacial score (nSPS) is 12.3. The van der Waals surface area contributed by atoms with E-state index in [-0.39, 0.29) is 11.9 Å². The number of hydrogen-bond donors (Lipinski definition) is 2. The van der Waals surface area contributed by atoms with Gasteiger partial charge in [-0.05, 0) is 43.3 Å². The van der Waals surface area contributed by atoms with Gasteiger partial charge in [-0.2, -0.15) is 0 Å². The number of thioether (sulfide) groups is 1. The molecule has 18 heavy (non-hydrogen) atoms. The standard InChI is InChI=1S/C13H19ClN2OS/c1-2-7-16-12(13(15)17)6-8-18-11-5-3-4-10(14)9-11/h3-5,9,12,16H,2,6-8H2,1H3,(H2,15,17). The summed E-state index contributed by atoms with van der Waals surface area (Å²) in [5.41, 5.74) is 5.35. The van der Waals surface area contributed by atoms with E-state index in [0.29, 0.717) is 0 Å². The second-order valence-electron chi connectivity index (χ2n) is 4.00. The summed E-state index contributed by atoms with van der Waals surface area (Å²) < 4.78 is 0. The van der Waals surface area contributed by atoms with Gasteiger partial charge in [-0.25, -0.2) is 0 Å². The third-order valence-corrected chi connectivity index (χ3v) is 3.72. The minimum atomic E-state index is -0.282. The van der Waals surface area contributed by atoms with E-state index >= 15 is 0 Å². The summed E-state index contributed by atoms with van der Waals surface area (Å²) in [6, 6.07) is 7.46. The van der Waals surface area contributed by atoms with Crippen molar-refractivity contribution >= 4 is 29.3 Å². The van der Waals surface area contributed by atoms with Gasteiger partial charge >= 0.3 is 0 Å². The maximum Gasteiger partial charge on any atom is 0.234 e. The van der Waals surface area contributed by atoms with E-state index in [1.807, 2.05) is 24.3 Å². The van der Waals surface area contributed by atoms with Crippen molar-refractivity contribution < 1.29 is 4.79 Å². The Morgan fingerprint density at radius 1 is 1.56 bits per heavy atom. The molecule has 1 amide bonds. The van der Waals surface area contributed by atoms with Gasteiger partial charge in [0.1, 0.15) is 0 Å². The SMILES string of the molecule is CCCNC(CCSc1cccc(Cl)c1)C(N)=O. The van der Waals surface area contributed by atoms with Gasteiger partial charge in [-0.3, -0.25) is 4.79 Å². The summed E-state index contributed by atoms with van der Waals surface area (Å²) in [7, 11) is 0. The molecule has 0 saturated carbocycles. The molecule has 3 N–H and O–H groups in total. The molecule has 3 nitrogen and oxygen atoms in total. The lowest BCUT2D eigenvalue weighted by Crippen LogP contribution is -2.41. The van der Waals surface area contributed by atoms with E-state index in [0.717, 1.165) is 35.1 Å². The van der Waals surface area contributed by atoms with Crippen molar-refractivity contribution in [1.82, 2.24) is 5.32 Å². The van der Waals surface area contributed by atoms with Gasteiger partial charge in [-0.15, -0.1) is 11.8 Å². The van der Waals surface area contributed by atoms with Gasteiger partial charge in [0.15, 0.2) is 0 Å². The van der Waals surface area contributed by atoms with Gasteiger partial charge < -0.3 is 11.1 Å². The average molecular weight is 287 g/mol. The van der Waals surface area contributed by atoms with Crippen molar-refractivity contribution in [2.45, 2.75) is 30.7 Å². The third-order valence-electron chi connectivity index (χ3n) is 2.46. The van der Waals surface area contributed by atoms with Gasteiger partial charge in [0.25, 0.3) is 0 Å². The maximum atomic E-state index is 11.2. The molecule has 0 aromatic heterocycles. The van der Waals surface area contributed by atoms with Crippen molar-refractivity contribution in [2.24, 2.45) is 5.73 Å². The highest BCUT2D eigenvalue weighted by Gasteiger charge is 2.13. The highest BCUT2D eigenvalue weighted by Crippen LogP contribution is 2.22. The van der Waals surface area contributed by atoms with Crippen LogP contribution in [0, 0.1) is 0 Å². The molecule has 1 aromatic carbocycles. The lowest BCUT2D eigenvalue weighted by Gasteiger charge is -2.14. The first-order chi connectivity index (χ1) is 8.63. The second kappa shape index (κ2) is 8.40. The third kappa shape index (κ3) is 5.76. The fraction of sp³-hybridized carbons (Fsp3) is 0.462. The summed E-state index contributed by atoms with van der Waals surface area (Å²) >= 11 is 7.59. The fourth-order valence-corrected chi connectivity index (χ4v) is 2.74. The zero-order valence-electron chi connectivity index (χ0n) is 10.5. The Bertz CT molecular complexity index is 387. The molecule has 0 aliphatic heterocycles. The summed E-state index contributed by atoms with van der Waals surface area (Å²) in [5, 5.41) is 3.88. The van der Waals surface area contributed by atoms with Crippen molar-refractivity contribution in [1.29, 1.82) is 0 Å². The topological polar surface area (TPSA) is 55.1 Å². The molecule has 0 aliphatic rings. The van der Waals surface area contributed by atoms with Crippen molar-refractivity contribution in [3.63, 3.8) is 0 Å². The number of benzene rings is 1. The summed E-state index contributed by atoms with van der Waals surface area (Å²) in [6.45, 7) is 2.88. The minimum absolute atomic E-state index is 0.239. The Morgan fingerprint density at radius 2 is 2.33 bits per heavy atom. The summed E-state index contributed by atoms with van der Waals surface area (Å²) in [4.78, 5) is 12.3. The van der Waals surface area contributed by atoms with Gasteiger partial charge in [-0.1, -0.05) is 24.6 Å². The van der Waals surface area contributed by atoms with Crippen LogP contribution in [0.25, 0.3) is 0 Å². The molecule has 0 heterocycles. The highest BCUT2D eigenvalue weighted by atomic mass is 35.5. The number of nitrogens with one attached hydrogen (secondary N) is 1. The molecule has 0 aliphatic carbocycles. The number of nitrogens with two attached hydrogens (primary N) is 1. The van der Waals surface area contributed by atoms with Crippen LogP contribution in [0.3, 0.4) is 0 Å². The van der Waals surface area contributed by atoms with E-state index in [9.17, 15) is 4.79 Å². The lowest BCUT2D eigenvalue weighted by atomic mass is 10.2. The summed E-state index contributed by atoms with van der Waals surface area (Å²) in [5.74, 6) is 0.556. The number of rotatable bonds is 8. The molecule has 0 saturated heterocycles. The van der Waals surface area contributed by atoms with Crippen molar-refractivity contribution in [3.05, 3.63) is 29.3 Å². The number of carbonyl (C=O) groups is 1. The molecule has 1 atom stereocenters. The first-order valence-corrected chi connectivity index (χ1v) is 7.41. The number of amides is 1. The molecule has 0 radical (unpaired) electrons. The largest absolute Gasteiger partial charge is 0.368 e. The zero-order chi connectivity index (χ0) is 13.4. The predicted octanol–water partition coefficient (Wildman–Crippen LogP) is 2.68. The number of carbonyl (C=O) groups excluding carboxylic acids is 1. The number of halogens is 1. The molecule has 0 fully saturated rings. The monoisotopic (exact) mass is 286 g/mol. The minimum Gasteiger partial charge on any atom is -0.368 e. The predicted molar refractivity (Wildman–Crippen MR) is 78.1 cm³/mol. The van der Waals surface area contributed by atoms with Gasteiger partial charge in [0.05, 0.1) is 6.04 Å². The van der Waals surface area contributed by atoms with Crippen LogP contribution in [0.4, 0.5) is 0 Å². The molecule has 1 aromatic rings. The Hall–Kier alpha value is -0.710. The quantitative estimate of drug-likeness (QED) is 0.723. The smallest absolute Gasteiger partial charge is 0.234 e. The van der Waals surface area contributed by atoms with Crippen LogP contribution < -0.4 is 11.1 Å². The van der Waals surface area contributed by atoms with Crippen molar-refractivity contribution in [3.8, 4) is 0 Å². The molecular formula is C13H19ClN2OS. The fourth-order valence-electron chi connectivity index (χ4n) is 1.51. The second-order valence-corrected chi connectivity index (χ2v) is 5.61. The van der Waals surface area contributed by atoms with Crippen LogP contribution in [0.2, 0.25) is 5.02 Å². The molecule has 0 bridgehead atoms. The van der Waals surface area contributed by atoms with Crippen LogP contribution in [0.15, 0.2) is 29.2 Å². The van der Waals surface area contributed by atoms with Crippen LogP contribution in [-0.4, -0.2) is 24.2 Å². The molecule has 5 heteroatoms. The van der Waals surface area contributed by atoms with E-state index in [1.54, 1.807) is 11.8 Å². The highest BCUT2D eigenvalue weighted by molar-refractivity contribution is 7.99. The molecule has 1 unspecified atom stereocenters. The molecular weight excluding hydrogens is 268 g/mol. The van der Waals surface area contributed by atoms with E-state index in [1.165, 1.54) is 0 Å². The van der Waals surface area contributed by atoms with E-state index in [2.05, 4.69) is 12.2 Å². The van der Waals surface area contributed by atoms with Crippen LogP contribution in [-0.2, 0) is 4.79 Å². The first-order valence-electron chi connectivity index (χ1n) is 6.04. The summed E-state index contributed by atoms with van der Waals surface area (Å²) in [6.07, 6.45) is 1.72. The molecule has 1 rings (SSSR count). The molecule has 100 valence electrons. The van der Waals surface area contributed by atoms with E-state index in [4.69, 9.17) is 17.3 Å². The average Bonchev–Trinajstić information content (AvgIpc) is 2.33. The number of primary amides is 1.